The fraction of sp³-hybridized carbons (Fsp3) is 0. The summed E-state index contributed by atoms with van der Waals surface area (Å²) in [7, 11) is 0. The highest BCUT2D eigenvalue weighted by atomic mass is 35.5. The number of benzene rings is 1. The topological polar surface area (TPSA) is 71.1 Å². The molecule has 0 atom stereocenters. The number of nitrogens with one attached hydrogen (secondary N) is 2. The predicted molar refractivity (Wildman–Crippen MR) is 85.3 cm³/mol. The van der Waals surface area contributed by atoms with E-state index in [0.29, 0.717) is 0 Å². The molecule has 2 rings (SSSR count). The van der Waals surface area contributed by atoms with Gasteiger partial charge in [0.05, 0.1) is 5.69 Å². The molecule has 5 nitrogen and oxygen atoms in total. The Labute approximate surface area is 138 Å². The van der Waals surface area contributed by atoms with E-state index in [1.165, 1.54) is 12.1 Å². The van der Waals surface area contributed by atoms with Gasteiger partial charge in [0.25, 0.3) is 5.91 Å². The van der Waals surface area contributed by atoms with Crippen LogP contribution in [0.15, 0.2) is 30.9 Å². The van der Waals surface area contributed by atoms with E-state index in [1.54, 1.807) is 0 Å². The van der Waals surface area contributed by atoms with Crippen LogP contribution in [0.25, 0.3) is 0 Å². The maximum absolute atomic E-state index is 13.6. The van der Waals surface area contributed by atoms with Gasteiger partial charge in [0.1, 0.15) is 15.7 Å². The van der Waals surface area contributed by atoms with Crippen LogP contribution in [0.5, 0.6) is 0 Å². The number of carbonyl (C=O) groups excluding carboxylic acids is 2. The highest BCUT2D eigenvalue weighted by molar-refractivity contribution is 7.09. The van der Waals surface area contributed by atoms with Crippen LogP contribution in [0.1, 0.15) is 9.67 Å². The molecule has 2 aromatic rings. The van der Waals surface area contributed by atoms with E-state index in [1.807, 2.05) is 0 Å². The van der Waals surface area contributed by atoms with Gasteiger partial charge >= 0.3 is 0 Å². The highest BCUT2D eigenvalue weighted by Crippen LogP contribution is 2.29. The molecule has 0 spiro atoms. The van der Waals surface area contributed by atoms with Crippen LogP contribution in [-0.2, 0) is 4.79 Å². The lowest BCUT2D eigenvalue weighted by Crippen LogP contribution is -2.13. The zero-order chi connectivity index (χ0) is 16.3. The molecule has 0 saturated heterocycles. The van der Waals surface area contributed by atoms with Gasteiger partial charge < -0.3 is 10.6 Å². The second-order valence-electron chi connectivity index (χ2n) is 3.96. The van der Waals surface area contributed by atoms with Crippen molar-refractivity contribution >= 4 is 57.9 Å². The van der Waals surface area contributed by atoms with Gasteiger partial charge in [-0.3, -0.25) is 9.59 Å². The summed E-state index contributed by atoms with van der Waals surface area (Å²) in [5, 5.41) is 4.89. The third-order valence-electron chi connectivity index (χ3n) is 2.47. The molecule has 0 bridgehead atoms. The summed E-state index contributed by atoms with van der Waals surface area (Å²) in [5.74, 6) is -1.76. The van der Waals surface area contributed by atoms with Crippen LogP contribution >= 0.6 is 34.7 Å². The molecule has 0 aliphatic rings. The summed E-state index contributed by atoms with van der Waals surface area (Å²) in [4.78, 5) is 23.4. The number of rotatable bonds is 4. The Kier molecular flexibility index (Phi) is 5.12. The first-order valence-corrected chi connectivity index (χ1v) is 7.30. The van der Waals surface area contributed by atoms with Gasteiger partial charge in [0.2, 0.25) is 5.91 Å². The first kappa shape index (κ1) is 16.4. The van der Waals surface area contributed by atoms with Crippen molar-refractivity contribution in [1.29, 1.82) is 0 Å². The number of hydrogen-bond donors (Lipinski definition) is 2. The van der Waals surface area contributed by atoms with Gasteiger partial charge in [-0.2, -0.15) is 4.37 Å². The molecule has 0 radical (unpaired) electrons. The van der Waals surface area contributed by atoms with Crippen molar-refractivity contribution in [1.82, 2.24) is 4.37 Å². The maximum atomic E-state index is 13.6. The van der Waals surface area contributed by atoms with Crippen LogP contribution in [-0.4, -0.2) is 16.2 Å². The zero-order valence-electron chi connectivity index (χ0n) is 10.8. The molecule has 2 N–H and O–H groups in total. The van der Waals surface area contributed by atoms with E-state index in [0.717, 1.165) is 23.7 Å². The Morgan fingerprint density at radius 3 is 2.64 bits per heavy atom. The number of aromatic nitrogens is 1. The third kappa shape index (κ3) is 3.62. The maximum Gasteiger partial charge on any atom is 0.268 e. The average molecular weight is 360 g/mol. The number of carbonyl (C=O) groups is 2. The Morgan fingerprint density at radius 2 is 2.05 bits per heavy atom. The molecule has 22 heavy (non-hydrogen) atoms. The first-order chi connectivity index (χ1) is 10.4. The summed E-state index contributed by atoms with van der Waals surface area (Å²) in [6, 6.07) is 3.72. The molecule has 114 valence electrons. The predicted octanol–water partition coefficient (Wildman–Crippen LogP) is 3.97. The van der Waals surface area contributed by atoms with Gasteiger partial charge in [-0.05, 0) is 35.8 Å². The SMILES string of the molecule is C=CC(=O)Nc1cc(NC(=O)c2snc(Cl)c2Cl)ccc1F. The number of amides is 2. The van der Waals surface area contributed by atoms with Crippen LogP contribution in [0.3, 0.4) is 0 Å². The summed E-state index contributed by atoms with van der Waals surface area (Å²) in [6.07, 6.45) is 1.00. The normalized spacial score (nSPS) is 10.1. The van der Waals surface area contributed by atoms with E-state index in [4.69, 9.17) is 23.2 Å². The first-order valence-electron chi connectivity index (χ1n) is 5.77. The van der Waals surface area contributed by atoms with Crippen LogP contribution < -0.4 is 10.6 Å². The molecule has 2 amide bonds. The summed E-state index contributed by atoms with van der Waals surface area (Å²) in [5.41, 5.74) is 0.183. The number of halogens is 3. The summed E-state index contributed by atoms with van der Waals surface area (Å²) >= 11 is 12.4. The van der Waals surface area contributed by atoms with Crippen molar-refractivity contribution in [3.8, 4) is 0 Å². The Bertz CT molecular complexity index is 764. The summed E-state index contributed by atoms with van der Waals surface area (Å²) in [6.45, 7) is 3.27. The van der Waals surface area contributed by atoms with Gasteiger partial charge in [0.15, 0.2) is 5.15 Å². The average Bonchev–Trinajstić information content (AvgIpc) is 2.82. The van der Waals surface area contributed by atoms with Crippen molar-refractivity contribution < 1.29 is 14.0 Å². The fourth-order valence-electron chi connectivity index (χ4n) is 1.47. The molecule has 1 aromatic heterocycles. The van der Waals surface area contributed by atoms with Crippen molar-refractivity contribution in [3.05, 3.63) is 51.7 Å². The smallest absolute Gasteiger partial charge is 0.268 e. The molecule has 1 aromatic carbocycles. The van der Waals surface area contributed by atoms with Gasteiger partial charge in [0, 0.05) is 5.69 Å². The van der Waals surface area contributed by atoms with Crippen molar-refractivity contribution in [3.63, 3.8) is 0 Å². The Morgan fingerprint density at radius 1 is 1.32 bits per heavy atom. The zero-order valence-corrected chi connectivity index (χ0v) is 13.2. The second-order valence-corrected chi connectivity index (χ2v) is 5.47. The van der Waals surface area contributed by atoms with E-state index in [2.05, 4.69) is 21.6 Å². The molecular formula is C13H8Cl2FN3O2S. The van der Waals surface area contributed by atoms with E-state index in [-0.39, 0.29) is 26.4 Å². The Balaban J connectivity index is 2.21. The van der Waals surface area contributed by atoms with Crippen LogP contribution in [0.2, 0.25) is 10.2 Å². The lowest BCUT2D eigenvalue weighted by atomic mass is 10.2. The van der Waals surface area contributed by atoms with Gasteiger partial charge in [-0.15, -0.1) is 0 Å². The fourth-order valence-corrected chi connectivity index (χ4v) is 2.58. The molecule has 0 aliphatic heterocycles. The molecule has 9 heteroatoms. The molecule has 0 fully saturated rings. The minimum atomic E-state index is -0.646. The lowest BCUT2D eigenvalue weighted by molar-refractivity contribution is -0.111. The highest BCUT2D eigenvalue weighted by Gasteiger charge is 2.18. The van der Waals surface area contributed by atoms with E-state index in [9.17, 15) is 14.0 Å². The van der Waals surface area contributed by atoms with Crippen molar-refractivity contribution in [2.24, 2.45) is 0 Å². The second kappa shape index (κ2) is 6.87. The number of anilines is 2. The molecule has 0 unspecified atom stereocenters. The summed E-state index contributed by atoms with van der Waals surface area (Å²) < 4.78 is 17.3. The van der Waals surface area contributed by atoms with Crippen LogP contribution in [0, 0.1) is 5.82 Å². The van der Waals surface area contributed by atoms with E-state index < -0.39 is 17.6 Å². The number of hydrogen-bond acceptors (Lipinski definition) is 4. The Hall–Kier alpha value is -1.96. The van der Waals surface area contributed by atoms with Crippen molar-refractivity contribution in [2.45, 2.75) is 0 Å². The monoisotopic (exact) mass is 359 g/mol. The van der Waals surface area contributed by atoms with Crippen molar-refractivity contribution in [2.75, 3.05) is 10.6 Å². The molecule has 0 aliphatic carbocycles. The number of nitrogens with zero attached hydrogens (tertiary/aromatic N) is 1. The largest absolute Gasteiger partial charge is 0.321 e. The van der Waals surface area contributed by atoms with Gasteiger partial charge in [-0.25, -0.2) is 4.39 Å². The minimum absolute atomic E-state index is 0.0369. The standard InChI is InChI=1S/C13H8Cl2FN3O2S/c1-2-9(20)18-8-5-6(3-4-7(8)16)17-13(21)11-10(14)12(15)19-22-11/h2-5H,1H2,(H,17,21)(H,18,20). The van der Waals surface area contributed by atoms with Crippen LogP contribution in [0.4, 0.5) is 15.8 Å². The minimum Gasteiger partial charge on any atom is -0.321 e. The molecule has 0 saturated carbocycles. The quantitative estimate of drug-likeness (QED) is 0.811. The third-order valence-corrected chi connectivity index (χ3v) is 4.27. The molecular weight excluding hydrogens is 352 g/mol. The van der Waals surface area contributed by atoms with E-state index >= 15 is 0 Å². The molecule has 1 heterocycles. The lowest BCUT2D eigenvalue weighted by Gasteiger charge is -2.08. The van der Waals surface area contributed by atoms with Gasteiger partial charge in [-0.1, -0.05) is 29.8 Å².